The van der Waals surface area contributed by atoms with Crippen LogP contribution >= 0.6 is 0 Å². The van der Waals surface area contributed by atoms with Crippen molar-refractivity contribution in [3.8, 4) is 5.75 Å². The first kappa shape index (κ1) is 19.4. The van der Waals surface area contributed by atoms with Crippen molar-refractivity contribution >= 4 is 5.91 Å². The highest BCUT2D eigenvalue weighted by atomic mass is 16.5. The molecule has 0 unspecified atom stereocenters. The molecule has 2 aromatic carbocycles. The lowest BCUT2D eigenvalue weighted by Crippen LogP contribution is -2.23. The standard InChI is InChI=1S/C23H30N2O2/c1-18-14-19(8-10-22(18)27-2)9-11-23(26)24-16-20-6-5-7-21(15-20)17-25-12-3-4-13-25/h5-8,10,14-15H,3-4,9,11-13,16-17H2,1-2H3,(H,24,26). The predicted molar refractivity (Wildman–Crippen MR) is 109 cm³/mol. The van der Waals surface area contributed by atoms with Crippen LogP contribution in [0.2, 0.25) is 0 Å². The highest BCUT2D eigenvalue weighted by Gasteiger charge is 2.12. The lowest BCUT2D eigenvalue weighted by atomic mass is 10.1. The number of benzene rings is 2. The minimum Gasteiger partial charge on any atom is -0.496 e. The van der Waals surface area contributed by atoms with Gasteiger partial charge in [-0.05, 0) is 67.6 Å². The summed E-state index contributed by atoms with van der Waals surface area (Å²) in [5, 5.41) is 3.05. The Balaban J connectivity index is 1.45. The minimum atomic E-state index is 0.0911. The highest BCUT2D eigenvalue weighted by Crippen LogP contribution is 2.19. The van der Waals surface area contributed by atoms with E-state index >= 15 is 0 Å². The van der Waals surface area contributed by atoms with Crippen molar-refractivity contribution < 1.29 is 9.53 Å². The molecular formula is C23H30N2O2. The first-order valence-electron chi connectivity index (χ1n) is 9.84. The van der Waals surface area contributed by atoms with E-state index in [1.54, 1.807) is 7.11 Å². The second kappa shape index (κ2) is 9.56. The van der Waals surface area contributed by atoms with E-state index in [4.69, 9.17) is 4.74 Å². The lowest BCUT2D eigenvalue weighted by molar-refractivity contribution is -0.121. The largest absolute Gasteiger partial charge is 0.496 e. The van der Waals surface area contributed by atoms with E-state index in [9.17, 15) is 4.79 Å². The first-order chi connectivity index (χ1) is 13.1. The summed E-state index contributed by atoms with van der Waals surface area (Å²) in [4.78, 5) is 14.7. The number of hydrogen-bond donors (Lipinski definition) is 1. The van der Waals surface area contributed by atoms with Crippen LogP contribution in [0.4, 0.5) is 0 Å². The zero-order valence-corrected chi connectivity index (χ0v) is 16.5. The van der Waals surface area contributed by atoms with Gasteiger partial charge < -0.3 is 10.1 Å². The van der Waals surface area contributed by atoms with Crippen molar-refractivity contribution in [3.63, 3.8) is 0 Å². The summed E-state index contributed by atoms with van der Waals surface area (Å²) in [5.41, 5.74) is 4.76. The molecule has 3 rings (SSSR count). The number of amides is 1. The number of nitrogens with one attached hydrogen (secondary N) is 1. The average molecular weight is 367 g/mol. The van der Waals surface area contributed by atoms with E-state index in [1.807, 2.05) is 19.1 Å². The summed E-state index contributed by atoms with van der Waals surface area (Å²) >= 11 is 0. The Morgan fingerprint density at radius 1 is 1.07 bits per heavy atom. The Kier molecular flexibility index (Phi) is 6.88. The summed E-state index contributed by atoms with van der Waals surface area (Å²) in [7, 11) is 1.68. The van der Waals surface area contributed by atoms with Gasteiger partial charge in [0, 0.05) is 19.5 Å². The van der Waals surface area contributed by atoms with Crippen molar-refractivity contribution in [2.24, 2.45) is 0 Å². The molecule has 1 N–H and O–H groups in total. The van der Waals surface area contributed by atoms with Crippen LogP contribution in [-0.4, -0.2) is 31.0 Å². The van der Waals surface area contributed by atoms with E-state index < -0.39 is 0 Å². The predicted octanol–water partition coefficient (Wildman–Crippen LogP) is 3.85. The second-order valence-electron chi connectivity index (χ2n) is 7.38. The summed E-state index contributed by atoms with van der Waals surface area (Å²) in [6.45, 7) is 6.03. The Morgan fingerprint density at radius 2 is 1.85 bits per heavy atom. The summed E-state index contributed by atoms with van der Waals surface area (Å²) in [6, 6.07) is 14.7. The molecule has 0 bridgehead atoms. The number of methoxy groups -OCH3 is 1. The summed E-state index contributed by atoms with van der Waals surface area (Å²) in [6.07, 6.45) is 3.86. The molecule has 144 valence electrons. The van der Waals surface area contributed by atoms with Gasteiger partial charge in [-0.15, -0.1) is 0 Å². The molecule has 0 aliphatic carbocycles. The number of ether oxygens (including phenoxy) is 1. The van der Waals surface area contributed by atoms with Crippen molar-refractivity contribution in [1.29, 1.82) is 0 Å². The zero-order valence-electron chi connectivity index (χ0n) is 16.5. The fourth-order valence-corrected chi connectivity index (χ4v) is 3.68. The van der Waals surface area contributed by atoms with E-state index in [-0.39, 0.29) is 5.91 Å². The molecule has 1 saturated heterocycles. The fourth-order valence-electron chi connectivity index (χ4n) is 3.68. The normalized spacial score (nSPS) is 14.3. The third-order valence-electron chi connectivity index (χ3n) is 5.19. The van der Waals surface area contributed by atoms with E-state index in [0.29, 0.717) is 13.0 Å². The Hall–Kier alpha value is -2.33. The van der Waals surface area contributed by atoms with Crippen molar-refractivity contribution in [2.45, 2.75) is 45.7 Å². The first-order valence-corrected chi connectivity index (χ1v) is 9.84. The molecule has 0 radical (unpaired) electrons. The van der Waals surface area contributed by atoms with E-state index in [2.05, 4.69) is 40.5 Å². The fraction of sp³-hybridized carbons (Fsp3) is 0.435. The van der Waals surface area contributed by atoms with Crippen molar-refractivity contribution in [3.05, 3.63) is 64.7 Å². The monoisotopic (exact) mass is 366 g/mol. The molecule has 2 aromatic rings. The number of rotatable bonds is 8. The van der Waals surface area contributed by atoms with Crippen LogP contribution in [0.1, 0.15) is 41.5 Å². The SMILES string of the molecule is COc1ccc(CCC(=O)NCc2cccc(CN3CCCC3)c2)cc1C. The lowest BCUT2D eigenvalue weighted by Gasteiger charge is -2.15. The number of nitrogens with zero attached hydrogens (tertiary/aromatic N) is 1. The maximum atomic E-state index is 12.2. The van der Waals surface area contributed by atoms with Crippen LogP contribution in [0.25, 0.3) is 0 Å². The highest BCUT2D eigenvalue weighted by molar-refractivity contribution is 5.76. The molecule has 1 aliphatic rings. The third kappa shape index (κ3) is 5.83. The molecule has 0 atom stereocenters. The Morgan fingerprint density at radius 3 is 2.59 bits per heavy atom. The number of likely N-dealkylation sites (tertiary alicyclic amines) is 1. The van der Waals surface area contributed by atoms with Crippen LogP contribution in [0.3, 0.4) is 0 Å². The molecular weight excluding hydrogens is 336 g/mol. The van der Waals surface area contributed by atoms with Gasteiger partial charge in [-0.25, -0.2) is 0 Å². The van der Waals surface area contributed by atoms with Gasteiger partial charge in [0.1, 0.15) is 5.75 Å². The van der Waals surface area contributed by atoms with E-state index in [1.165, 1.54) is 37.1 Å². The maximum absolute atomic E-state index is 12.2. The molecule has 4 heteroatoms. The average Bonchev–Trinajstić information content (AvgIpc) is 3.18. The topological polar surface area (TPSA) is 41.6 Å². The quantitative estimate of drug-likeness (QED) is 0.772. The summed E-state index contributed by atoms with van der Waals surface area (Å²) < 4.78 is 5.28. The number of aryl methyl sites for hydroxylation is 2. The number of hydrogen-bond acceptors (Lipinski definition) is 3. The van der Waals surface area contributed by atoms with Crippen LogP contribution in [0.15, 0.2) is 42.5 Å². The van der Waals surface area contributed by atoms with Gasteiger partial charge in [0.2, 0.25) is 5.91 Å². The molecule has 27 heavy (non-hydrogen) atoms. The second-order valence-corrected chi connectivity index (χ2v) is 7.38. The smallest absolute Gasteiger partial charge is 0.220 e. The minimum absolute atomic E-state index is 0.0911. The van der Waals surface area contributed by atoms with Crippen molar-refractivity contribution in [2.75, 3.05) is 20.2 Å². The van der Waals surface area contributed by atoms with Crippen molar-refractivity contribution in [1.82, 2.24) is 10.2 Å². The number of carbonyl (C=O) groups excluding carboxylic acids is 1. The Labute approximate surface area is 162 Å². The molecule has 1 fully saturated rings. The third-order valence-corrected chi connectivity index (χ3v) is 5.19. The molecule has 0 saturated carbocycles. The van der Waals surface area contributed by atoms with Gasteiger partial charge in [-0.3, -0.25) is 9.69 Å². The number of carbonyl (C=O) groups is 1. The van der Waals surface area contributed by atoms with Gasteiger partial charge in [0.25, 0.3) is 0 Å². The maximum Gasteiger partial charge on any atom is 0.220 e. The molecule has 1 amide bonds. The van der Waals surface area contributed by atoms with Gasteiger partial charge >= 0.3 is 0 Å². The molecule has 1 aliphatic heterocycles. The van der Waals surface area contributed by atoms with Gasteiger partial charge in [-0.2, -0.15) is 0 Å². The van der Waals surface area contributed by atoms with Gasteiger partial charge in [-0.1, -0.05) is 36.4 Å². The zero-order chi connectivity index (χ0) is 19.1. The molecule has 0 aromatic heterocycles. The van der Waals surface area contributed by atoms with E-state index in [0.717, 1.165) is 29.8 Å². The molecule has 1 heterocycles. The van der Waals surface area contributed by atoms with Gasteiger partial charge in [0.15, 0.2) is 0 Å². The van der Waals surface area contributed by atoms with Crippen LogP contribution in [0, 0.1) is 6.92 Å². The Bertz CT molecular complexity index is 767. The van der Waals surface area contributed by atoms with Crippen LogP contribution < -0.4 is 10.1 Å². The summed E-state index contributed by atoms with van der Waals surface area (Å²) in [5.74, 6) is 0.977. The molecule has 4 nitrogen and oxygen atoms in total. The molecule has 0 spiro atoms. The van der Waals surface area contributed by atoms with Gasteiger partial charge in [0.05, 0.1) is 7.11 Å². The van der Waals surface area contributed by atoms with Crippen LogP contribution in [-0.2, 0) is 24.3 Å². The van der Waals surface area contributed by atoms with Crippen LogP contribution in [0.5, 0.6) is 5.75 Å².